The Morgan fingerprint density at radius 2 is 2.04 bits per heavy atom. The normalized spacial score (nSPS) is 10.4. The van der Waals surface area contributed by atoms with Crippen LogP contribution < -0.4 is 10.9 Å². The zero-order chi connectivity index (χ0) is 17.5. The number of aryl methyl sites for hydroxylation is 1. The maximum atomic E-state index is 13.4. The lowest BCUT2D eigenvalue weighted by Gasteiger charge is -2.05. The Balaban J connectivity index is 1.91. The van der Waals surface area contributed by atoms with Crippen molar-refractivity contribution in [1.29, 1.82) is 0 Å². The number of hydrogen-bond donors (Lipinski definition) is 3. The molecule has 0 aliphatic heterocycles. The number of para-hydroxylation sites is 1. The third-order valence-electron chi connectivity index (χ3n) is 2.81. The number of aliphatic carboxylic acids is 1. The maximum absolute atomic E-state index is 13.4. The lowest BCUT2D eigenvalue weighted by Crippen LogP contribution is -2.20. The van der Waals surface area contributed by atoms with Gasteiger partial charge in [0.1, 0.15) is 11.5 Å². The average Bonchev–Trinajstić information content (AvgIpc) is 2.54. The molecule has 2 rings (SSSR count). The lowest BCUT2D eigenvalue weighted by atomic mass is 10.2. The number of nitrogens with one attached hydrogen (secondary N) is 2. The van der Waals surface area contributed by atoms with E-state index in [2.05, 4.69) is 20.5 Å². The van der Waals surface area contributed by atoms with Gasteiger partial charge in [0.25, 0.3) is 5.56 Å². The molecular weight excluding hydrogens is 339 g/mol. The van der Waals surface area contributed by atoms with Crippen molar-refractivity contribution in [2.75, 3.05) is 11.1 Å². The summed E-state index contributed by atoms with van der Waals surface area (Å²) in [6, 6.07) is 5.75. The number of rotatable bonds is 7. The van der Waals surface area contributed by atoms with E-state index in [1.54, 1.807) is 6.07 Å². The van der Waals surface area contributed by atoms with Crippen molar-refractivity contribution in [3.05, 3.63) is 46.1 Å². The van der Waals surface area contributed by atoms with Gasteiger partial charge < -0.3 is 10.4 Å². The Morgan fingerprint density at radius 3 is 2.71 bits per heavy atom. The van der Waals surface area contributed by atoms with Crippen LogP contribution in [0.3, 0.4) is 0 Å². The summed E-state index contributed by atoms with van der Waals surface area (Å²) in [7, 11) is 0. The van der Waals surface area contributed by atoms with Crippen LogP contribution >= 0.6 is 11.8 Å². The standard InChI is InChI=1S/C14H13FN4O4S/c15-8-3-1-2-4-9(8)16-11(20)7-24-14-17-13(23)10(18-19-14)5-6-12(21)22/h1-4H,5-7H2,(H,16,20)(H,21,22)(H,17,19,23). The third-order valence-corrected chi connectivity index (χ3v) is 3.67. The molecule has 0 fully saturated rings. The minimum absolute atomic E-state index is 0.0116. The first-order valence-corrected chi connectivity index (χ1v) is 7.79. The summed E-state index contributed by atoms with van der Waals surface area (Å²) in [6.45, 7) is 0. The van der Waals surface area contributed by atoms with E-state index in [-0.39, 0.29) is 35.1 Å². The Hall–Kier alpha value is -2.75. The average molecular weight is 352 g/mol. The number of carboxylic acids is 1. The molecule has 1 heterocycles. The first kappa shape index (κ1) is 17.6. The topological polar surface area (TPSA) is 125 Å². The number of carbonyl (C=O) groups is 2. The van der Waals surface area contributed by atoms with Crippen LogP contribution in [0.4, 0.5) is 10.1 Å². The molecule has 24 heavy (non-hydrogen) atoms. The molecule has 8 nitrogen and oxygen atoms in total. The molecule has 0 saturated heterocycles. The second-order valence-corrected chi connectivity index (χ2v) is 5.58. The molecule has 0 atom stereocenters. The fraction of sp³-hybridized carbons (Fsp3) is 0.214. The van der Waals surface area contributed by atoms with Crippen LogP contribution in [0.1, 0.15) is 12.1 Å². The van der Waals surface area contributed by atoms with E-state index in [0.29, 0.717) is 0 Å². The fourth-order valence-corrected chi connectivity index (χ4v) is 2.29. The van der Waals surface area contributed by atoms with E-state index in [1.165, 1.54) is 18.2 Å². The smallest absolute Gasteiger partial charge is 0.303 e. The van der Waals surface area contributed by atoms with Crippen LogP contribution in [0.25, 0.3) is 0 Å². The van der Waals surface area contributed by atoms with Gasteiger partial charge in [-0.25, -0.2) is 4.39 Å². The third kappa shape index (κ3) is 5.16. The highest BCUT2D eigenvalue weighted by Crippen LogP contribution is 2.14. The Labute approximate surface area is 139 Å². The van der Waals surface area contributed by atoms with Gasteiger partial charge in [-0.3, -0.25) is 19.4 Å². The van der Waals surface area contributed by atoms with Crippen molar-refractivity contribution < 1.29 is 19.1 Å². The van der Waals surface area contributed by atoms with Crippen molar-refractivity contribution in [2.24, 2.45) is 0 Å². The number of anilines is 1. The van der Waals surface area contributed by atoms with Gasteiger partial charge in [0.15, 0.2) is 5.16 Å². The van der Waals surface area contributed by atoms with Gasteiger partial charge in [0.2, 0.25) is 5.91 Å². The summed E-state index contributed by atoms with van der Waals surface area (Å²) in [5.41, 5.74) is -0.479. The number of aromatic amines is 1. The molecule has 1 aromatic heterocycles. The van der Waals surface area contributed by atoms with Gasteiger partial charge in [-0.05, 0) is 12.1 Å². The molecule has 0 saturated carbocycles. The van der Waals surface area contributed by atoms with Gasteiger partial charge >= 0.3 is 5.97 Å². The maximum Gasteiger partial charge on any atom is 0.303 e. The molecule has 0 aliphatic carbocycles. The van der Waals surface area contributed by atoms with Gasteiger partial charge in [0, 0.05) is 6.42 Å². The van der Waals surface area contributed by atoms with Crippen LogP contribution in [0.15, 0.2) is 34.2 Å². The molecule has 0 unspecified atom stereocenters. The Kier molecular flexibility index (Phi) is 6.01. The summed E-state index contributed by atoms with van der Waals surface area (Å²) in [6.07, 6.45) is -0.258. The number of nitrogens with zero attached hydrogens (tertiary/aromatic N) is 2. The number of H-pyrrole nitrogens is 1. The molecule has 2 aromatic rings. The minimum atomic E-state index is -1.04. The number of carboxylic acid groups (broad SMARTS) is 1. The zero-order valence-electron chi connectivity index (χ0n) is 12.3. The number of halogens is 1. The van der Waals surface area contributed by atoms with Gasteiger partial charge in [-0.1, -0.05) is 23.9 Å². The summed E-state index contributed by atoms with van der Waals surface area (Å²) in [5, 5.41) is 18.5. The highest BCUT2D eigenvalue weighted by molar-refractivity contribution is 7.99. The lowest BCUT2D eigenvalue weighted by molar-refractivity contribution is -0.137. The highest BCUT2D eigenvalue weighted by Gasteiger charge is 2.10. The van der Waals surface area contributed by atoms with Gasteiger partial charge in [-0.15, -0.1) is 10.2 Å². The second kappa shape index (κ2) is 8.20. The molecule has 1 amide bonds. The number of thioether (sulfide) groups is 1. The van der Waals surface area contributed by atoms with E-state index < -0.39 is 23.3 Å². The first-order valence-electron chi connectivity index (χ1n) is 6.80. The van der Waals surface area contributed by atoms with Crippen LogP contribution in [0.5, 0.6) is 0 Å². The van der Waals surface area contributed by atoms with Gasteiger partial charge in [0.05, 0.1) is 17.9 Å². The van der Waals surface area contributed by atoms with Crippen molar-refractivity contribution in [3.63, 3.8) is 0 Å². The van der Waals surface area contributed by atoms with E-state index in [9.17, 15) is 18.8 Å². The fourth-order valence-electron chi connectivity index (χ4n) is 1.68. The van der Waals surface area contributed by atoms with Crippen LogP contribution in [-0.2, 0) is 16.0 Å². The zero-order valence-corrected chi connectivity index (χ0v) is 13.1. The molecule has 126 valence electrons. The quantitative estimate of drug-likeness (QED) is 0.636. The summed E-state index contributed by atoms with van der Waals surface area (Å²) < 4.78 is 13.4. The molecule has 0 bridgehead atoms. The number of hydrogen-bond acceptors (Lipinski definition) is 6. The Bertz CT molecular complexity index is 811. The minimum Gasteiger partial charge on any atom is -0.481 e. The van der Waals surface area contributed by atoms with E-state index in [4.69, 9.17) is 5.11 Å². The Morgan fingerprint density at radius 1 is 1.29 bits per heavy atom. The number of aromatic nitrogens is 3. The van der Waals surface area contributed by atoms with Crippen molar-refractivity contribution >= 4 is 29.3 Å². The monoisotopic (exact) mass is 352 g/mol. The van der Waals surface area contributed by atoms with E-state index >= 15 is 0 Å². The van der Waals surface area contributed by atoms with E-state index in [0.717, 1.165) is 11.8 Å². The number of benzene rings is 1. The van der Waals surface area contributed by atoms with Gasteiger partial charge in [-0.2, -0.15) is 0 Å². The first-order chi connectivity index (χ1) is 11.5. The van der Waals surface area contributed by atoms with E-state index in [1.807, 2.05) is 0 Å². The van der Waals surface area contributed by atoms with Crippen LogP contribution in [-0.4, -0.2) is 37.9 Å². The molecule has 0 radical (unpaired) electrons. The van der Waals surface area contributed by atoms with Crippen molar-refractivity contribution in [1.82, 2.24) is 15.2 Å². The predicted molar refractivity (Wildman–Crippen MR) is 84.4 cm³/mol. The van der Waals surface area contributed by atoms with Crippen LogP contribution in [0, 0.1) is 5.82 Å². The van der Waals surface area contributed by atoms with Crippen LogP contribution in [0.2, 0.25) is 0 Å². The number of amides is 1. The predicted octanol–water partition coefficient (Wildman–Crippen LogP) is 1.05. The second-order valence-electron chi connectivity index (χ2n) is 4.62. The van der Waals surface area contributed by atoms with Crippen molar-refractivity contribution in [2.45, 2.75) is 18.0 Å². The summed E-state index contributed by atoms with van der Waals surface area (Å²) in [5.74, 6) is -2.16. The summed E-state index contributed by atoms with van der Waals surface area (Å²) >= 11 is 0.921. The molecular formula is C14H13FN4O4S. The highest BCUT2D eigenvalue weighted by atomic mass is 32.2. The molecule has 0 spiro atoms. The molecule has 0 aliphatic rings. The SMILES string of the molecule is O=C(O)CCc1nnc(SCC(=O)Nc2ccccc2F)[nH]c1=O. The largest absolute Gasteiger partial charge is 0.481 e. The molecule has 1 aromatic carbocycles. The number of carbonyl (C=O) groups excluding carboxylic acids is 1. The summed E-state index contributed by atoms with van der Waals surface area (Å²) in [4.78, 5) is 36.4. The molecule has 10 heteroatoms. The van der Waals surface area contributed by atoms with Crippen molar-refractivity contribution in [3.8, 4) is 0 Å². The molecule has 3 N–H and O–H groups in total.